The smallest absolute Gasteiger partial charge is 0.277 e. The molecule has 0 saturated carbocycles. The van der Waals surface area contributed by atoms with Crippen molar-refractivity contribution in [2.45, 2.75) is 0 Å². The average molecular weight is 205 g/mol. The summed E-state index contributed by atoms with van der Waals surface area (Å²) in [7, 11) is 0. The van der Waals surface area contributed by atoms with Gasteiger partial charge in [0.25, 0.3) is 5.69 Å². The lowest BCUT2D eigenvalue weighted by atomic mass is 10.1. The molecule has 0 heterocycles. The molecule has 0 amide bonds. The van der Waals surface area contributed by atoms with Crippen molar-refractivity contribution in [1.82, 2.24) is 0 Å². The zero-order chi connectivity index (χ0) is 11.0. The molecule has 15 heavy (non-hydrogen) atoms. The summed E-state index contributed by atoms with van der Waals surface area (Å²) in [5.41, 5.74) is -0.0946. The number of phenols is 2. The van der Waals surface area contributed by atoms with Gasteiger partial charge in [0.05, 0.1) is 10.3 Å². The van der Waals surface area contributed by atoms with Crippen molar-refractivity contribution in [2.75, 3.05) is 0 Å². The van der Waals surface area contributed by atoms with Crippen LogP contribution in [-0.2, 0) is 0 Å². The highest BCUT2D eigenvalue weighted by molar-refractivity contribution is 5.93. The molecule has 0 bridgehead atoms. The molecule has 0 fully saturated rings. The van der Waals surface area contributed by atoms with E-state index in [2.05, 4.69) is 0 Å². The third-order valence-electron chi connectivity index (χ3n) is 2.15. The Bertz CT molecular complexity index is 550. The Balaban J connectivity index is 2.86. The molecule has 0 unspecified atom stereocenters. The molecule has 2 N–H and O–H groups in total. The number of fused-ring (bicyclic) bond motifs is 1. The summed E-state index contributed by atoms with van der Waals surface area (Å²) in [5.74, 6) is -0.653. The van der Waals surface area contributed by atoms with Crippen molar-refractivity contribution in [3.8, 4) is 11.5 Å². The van der Waals surface area contributed by atoms with Crippen molar-refractivity contribution in [3.63, 3.8) is 0 Å². The van der Waals surface area contributed by atoms with Crippen molar-refractivity contribution in [1.29, 1.82) is 0 Å². The summed E-state index contributed by atoms with van der Waals surface area (Å²) in [6, 6.07) is 6.97. The summed E-state index contributed by atoms with van der Waals surface area (Å²) in [5, 5.41) is 30.0. The van der Waals surface area contributed by atoms with Crippen molar-refractivity contribution in [2.24, 2.45) is 0 Å². The Morgan fingerprint density at radius 2 is 1.80 bits per heavy atom. The molecule has 0 aliphatic heterocycles. The third kappa shape index (κ3) is 1.43. The van der Waals surface area contributed by atoms with E-state index >= 15 is 0 Å². The predicted octanol–water partition coefficient (Wildman–Crippen LogP) is 2.16. The van der Waals surface area contributed by atoms with Gasteiger partial charge in [-0.3, -0.25) is 10.1 Å². The first-order valence-corrected chi connectivity index (χ1v) is 4.18. The summed E-state index contributed by atoms with van der Waals surface area (Å²) >= 11 is 0. The largest absolute Gasteiger partial charge is 0.504 e. The molecule has 0 atom stereocenters. The van der Waals surface area contributed by atoms with Gasteiger partial charge in [0.2, 0.25) is 0 Å². The maximum absolute atomic E-state index is 10.7. The SMILES string of the molecule is O=[N+]([O-])c1cccc2cc(O)c(O)cc12. The maximum atomic E-state index is 10.7. The van der Waals surface area contributed by atoms with Gasteiger partial charge in [-0.2, -0.15) is 0 Å². The second-order valence-electron chi connectivity index (χ2n) is 3.10. The van der Waals surface area contributed by atoms with Crippen LogP contribution >= 0.6 is 0 Å². The molecule has 0 radical (unpaired) electrons. The summed E-state index contributed by atoms with van der Waals surface area (Å²) < 4.78 is 0. The van der Waals surface area contributed by atoms with E-state index in [1.165, 1.54) is 24.3 Å². The summed E-state index contributed by atoms with van der Waals surface area (Å²) in [6.07, 6.45) is 0. The maximum Gasteiger partial charge on any atom is 0.277 e. The number of non-ortho nitro benzene ring substituents is 1. The van der Waals surface area contributed by atoms with Gasteiger partial charge in [-0.1, -0.05) is 12.1 Å². The number of benzene rings is 2. The molecule has 0 spiro atoms. The first kappa shape index (κ1) is 9.26. The monoisotopic (exact) mass is 205 g/mol. The fourth-order valence-corrected chi connectivity index (χ4v) is 1.44. The van der Waals surface area contributed by atoms with Crippen LogP contribution in [0.2, 0.25) is 0 Å². The molecule has 76 valence electrons. The van der Waals surface area contributed by atoms with Gasteiger partial charge in [0.15, 0.2) is 11.5 Å². The van der Waals surface area contributed by atoms with E-state index in [1.54, 1.807) is 6.07 Å². The molecule has 5 heteroatoms. The number of nitrogens with zero attached hydrogens (tertiary/aromatic N) is 1. The first-order valence-electron chi connectivity index (χ1n) is 4.18. The Morgan fingerprint density at radius 1 is 1.13 bits per heavy atom. The standard InChI is InChI=1S/C10H7NO4/c12-9-4-6-2-1-3-8(11(14)15)7(6)5-10(9)13/h1-5,12-13H. The van der Waals surface area contributed by atoms with Crippen molar-refractivity contribution < 1.29 is 15.1 Å². The minimum atomic E-state index is -0.529. The lowest BCUT2D eigenvalue weighted by Crippen LogP contribution is -1.88. The first-order chi connectivity index (χ1) is 7.09. The van der Waals surface area contributed by atoms with Crippen LogP contribution in [0, 0.1) is 10.1 Å². The quantitative estimate of drug-likeness (QED) is 0.424. The molecule has 0 aliphatic carbocycles. The number of nitro benzene ring substituents is 1. The normalized spacial score (nSPS) is 10.4. The molecule has 2 rings (SSSR count). The van der Waals surface area contributed by atoms with Gasteiger partial charge < -0.3 is 10.2 Å². The molecule has 0 aromatic heterocycles. The van der Waals surface area contributed by atoms with Gasteiger partial charge in [-0.05, 0) is 17.5 Å². The Morgan fingerprint density at radius 3 is 2.47 bits per heavy atom. The number of hydrogen-bond acceptors (Lipinski definition) is 4. The number of rotatable bonds is 1. The van der Waals surface area contributed by atoms with E-state index in [9.17, 15) is 20.3 Å². The van der Waals surface area contributed by atoms with Crippen LogP contribution in [0.15, 0.2) is 30.3 Å². The van der Waals surface area contributed by atoms with Crippen LogP contribution < -0.4 is 0 Å². The van der Waals surface area contributed by atoms with E-state index in [1.807, 2.05) is 0 Å². The molecule has 0 saturated heterocycles. The summed E-state index contributed by atoms with van der Waals surface area (Å²) in [4.78, 5) is 10.1. The Hall–Kier alpha value is -2.30. The zero-order valence-corrected chi connectivity index (χ0v) is 7.54. The van der Waals surface area contributed by atoms with Crippen LogP contribution in [0.3, 0.4) is 0 Å². The molecule has 2 aromatic carbocycles. The fraction of sp³-hybridized carbons (Fsp3) is 0. The minimum Gasteiger partial charge on any atom is -0.504 e. The topological polar surface area (TPSA) is 83.6 Å². The van der Waals surface area contributed by atoms with E-state index in [4.69, 9.17) is 0 Å². The lowest BCUT2D eigenvalue weighted by Gasteiger charge is -2.02. The number of hydrogen-bond donors (Lipinski definition) is 2. The van der Waals surface area contributed by atoms with Gasteiger partial charge >= 0.3 is 0 Å². The van der Waals surface area contributed by atoms with Gasteiger partial charge in [0, 0.05) is 6.07 Å². The van der Waals surface area contributed by atoms with Crippen LogP contribution in [0.5, 0.6) is 11.5 Å². The second-order valence-corrected chi connectivity index (χ2v) is 3.10. The molecule has 2 aromatic rings. The second kappa shape index (κ2) is 3.13. The average Bonchev–Trinajstić information content (AvgIpc) is 2.18. The van der Waals surface area contributed by atoms with Crippen molar-refractivity contribution >= 4 is 16.5 Å². The molecular weight excluding hydrogens is 198 g/mol. The van der Waals surface area contributed by atoms with E-state index in [0.717, 1.165) is 0 Å². The van der Waals surface area contributed by atoms with E-state index in [0.29, 0.717) is 10.8 Å². The van der Waals surface area contributed by atoms with E-state index < -0.39 is 4.92 Å². The van der Waals surface area contributed by atoms with E-state index in [-0.39, 0.29) is 17.2 Å². The fourth-order valence-electron chi connectivity index (χ4n) is 1.44. The molecule has 5 nitrogen and oxygen atoms in total. The highest BCUT2D eigenvalue weighted by Crippen LogP contribution is 2.34. The number of phenolic OH excluding ortho intramolecular Hbond substituents is 2. The molecular formula is C10H7NO4. The van der Waals surface area contributed by atoms with Crippen LogP contribution in [-0.4, -0.2) is 15.1 Å². The Labute approximate surface area is 84.4 Å². The Kier molecular flexibility index (Phi) is 1.93. The third-order valence-corrected chi connectivity index (χ3v) is 2.15. The highest BCUT2D eigenvalue weighted by Gasteiger charge is 2.13. The lowest BCUT2D eigenvalue weighted by molar-refractivity contribution is -0.383. The van der Waals surface area contributed by atoms with Gasteiger partial charge in [-0.25, -0.2) is 0 Å². The number of aromatic hydroxyl groups is 2. The van der Waals surface area contributed by atoms with Crippen LogP contribution in [0.1, 0.15) is 0 Å². The number of nitro groups is 1. The van der Waals surface area contributed by atoms with Crippen LogP contribution in [0.25, 0.3) is 10.8 Å². The highest BCUT2D eigenvalue weighted by atomic mass is 16.6. The zero-order valence-electron chi connectivity index (χ0n) is 7.54. The summed E-state index contributed by atoms with van der Waals surface area (Å²) in [6.45, 7) is 0. The van der Waals surface area contributed by atoms with Crippen LogP contribution in [0.4, 0.5) is 5.69 Å². The van der Waals surface area contributed by atoms with Gasteiger partial charge in [-0.15, -0.1) is 0 Å². The molecule has 0 aliphatic rings. The van der Waals surface area contributed by atoms with Crippen molar-refractivity contribution in [3.05, 3.63) is 40.4 Å². The van der Waals surface area contributed by atoms with Gasteiger partial charge in [0.1, 0.15) is 0 Å². The minimum absolute atomic E-state index is 0.0946. The predicted molar refractivity (Wildman–Crippen MR) is 53.9 cm³/mol.